The van der Waals surface area contributed by atoms with Crippen LogP contribution in [0.25, 0.3) is 0 Å². The van der Waals surface area contributed by atoms with E-state index < -0.39 is 38.4 Å². The standard InChI is InChI=1S/C15H22N2O6S2/c1-11-4-5-14(23-2)13(8-11)16-15(18)9-17(24(3,19)20)12-6-7-25(21,22)10-12/h4-5,8,12H,6-7,9-10H2,1-3H3,(H,16,18). The van der Waals surface area contributed by atoms with Gasteiger partial charge in [-0.05, 0) is 31.0 Å². The molecule has 0 bridgehead atoms. The maximum Gasteiger partial charge on any atom is 0.239 e. The number of hydrogen-bond acceptors (Lipinski definition) is 6. The van der Waals surface area contributed by atoms with E-state index in [9.17, 15) is 21.6 Å². The molecule has 1 unspecified atom stereocenters. The van der Waals surface area contributed by atoms with Crippen molar-refractivity contribution in [3.8, 4) is 5.75 Å². The predicted octanol–water partition coefficient (Wildman–Crippen LogP) is 0.391. The van der Waals surface area contributed by atoms with Gasteiger partial charge in [-0.15, -0.1) is 0 Å². The van der Waals surface area contributed by atoms with Gasteiger partial charge in [0.1, 0.15) is 5.75 Å². The largest absolute Gasteiger partial charge is 0.495 e. The lowest BCUT2D eigenvalue weighted by molar-refractivity contribution is -0.116. The van der Waals surface area contributed by atoms with E-state index in [0.717, 1.165) is 16.1 Å². The molecule has 1 aromatic carbocycles. The van der Waals surface area contributed by atoms with E-state index in [2.05, 4.69) is 5.32 Å². The van der Waals surface area contributed by atoms with Crippen molar-refractivity contribution >= 4 is 31.5 Å². The average Bonchev–Trinajstić information content (AvgIpc) is 2.83. The number of methoxy groups -OCH3 is 1. The van der Waals surface area contributed by atoms with Gasteiger partial charge in [0.05, 0.1) is 37.1 Å². The number of rotatable bonds is 6. The van der Waals surface area contributed by atoms with Crippen molar-refractivity contribution in [1.29, 1.82) is 0 Å². The van der Waals surface area contributed by atoms with Gasteiger partial charge in [0.25, 0.3) is 0 Å². The second kappa shape index (κ2) is 7.30. The fraction of sp³-hybridized carbons (Fsp3) is 0.533. The molecule has 0 spiro atoms. The van der Waals surface area contributed by atoms with Crippen molar-refractivity contribution < 1.29 is 26.4 Å². The Bertz CT molecular complexity index is 864. The van der Waals surface area contributed by atoms with Crippen LogP contribution in [0.2, 0.25) is 0 Å². The van der Waals surface area contributed by atoms with Crippen molar-refractivity contribution in [2.24, 2.45) is 0 Å². The number of amides is 1. The number of benzene rings is 1. The van der Waals surface area contributed by atoms with E-state index in [1.165, 1.54) is 7.11 Å². The summed E-state index contributed by atoms with van der Waals surface area (Å²) in [5.41, 5.74) is 1.33. The highest BCUT2D eigenvalue weighted by Crippen LogP contribution is 2.26. The molecule has 1 saturated heterocycles. The highest BCUT2D eigenvalue weighted by atomic mass is 32.2. The fourth-order valence-corrected chi connectivity index (χ4v) is 5.67. The molecule has 1 atom stereocenters. The second-order valence-corrected chi connectivity index (χ2v) is 10.3. The van der Waals surface area contributed by atoms with E-state index in [4.69, 9.17) is 4.74 Å². The third-order valence-electron chi connectivity index (χ3n) is 3.97. The topological polar surface area (TPSA) is 110 Å². The summed E-state index contributed by atoms with van der Waals surface area (Å²) in [6, 6.07) is 4.51. The first kappa shape index (κ1) is 19.7. The Kier molecular flexibility index (Phi) is 5.75. The summed E-state index contributed by atoms with van der Waals surface area (Å²) in [6.07, 6.45) is 1.16. The Hall–Kier alpha value is -1.65. The lowest BCUT2D eigenvalue weighted by atomic mass is 10.2. The molecule has 1 aliphatic heterocycles. The van der Waals surface area contributed by atoms with Crippen molar-refractivity contribution in [2.45, 2.75) is 19.4 Å². The minimum Gasteiger partial charge on any atom is -0.495 e. The number of anilines is 1. The number of nitrogens with zero attached hydrogens (tertiary/aromatic N) is 1. The number of sulfonamides is 1. The first-order valence-electron chi connectivity index (χ1n) is 7.63. The highest BCUT2D eigenvalue weighted by Gasteiger charge is 2.37. The molecule has 25 heavy (non-hydrogen) atoms. The number of carbonyl (C=O) groups is 1. The Labute approximate surface area is 148 Å². The van der Waals surface area contributed by atoms with Crippen LogP contribution in [0.5, 0.6) is 5.75 Å². The summed E-state index contributed by atoms with van der Waals surface area (Å²) >= 11 is 0. The summed E-state index contributed by atoms with van der Waals surface area (Å²) in [5, 5.41) is 2.63. The number of carbonyl (C=O) groups excluding carboxylic acids is 1. The third-order valence-corrected chi connectivity index (χ3v) is 7.00. The molecule has 0 aliphatic carbocycles. The molecule has 0 radical (unpaired) electrons. The Morgan fingerprint density at radius 3 is 2.60 bits per heavy atom. The van der Waals surface area contributed by atoms with Gasteiger partial charge in [-0.3, -0.25) is 4.79 Å². The molecule has 1 aromatic rings. The van der Waals surface area contributed by atoms with Crippen LogP contribution in [-0.2, 0) is 24.7 Å². The van der Waals surface area contributed by atoms with Gasteiger partial charge in [-0.25, -0.2) is 16.8 Å². The number of sulfone groups is 1. The van der Waals surface area contributed by atoms with Gasteiger partial charge in [0.15, 0.2) is 9.84 Å². The van der Waals surface area contributed by atoms with Gasteiger partial charge in [-0.2, -0.15) is 4.31 Å². The zero-order chi connectivity index (χ0) is 18.8. The molecule has 140 valence electrons. The molecule has 10 heteroatoms. The van der Waals surface area contributed by atoms with E-state index in [0.29, 0.717) is 11.4 Å². The van der Waals surface area contributed by atoms with E-state index in [1.807, 2.05) is 13.0 Å². The summed E-state index contributed by atoms with van der Waals surface area (Å²) in [6.45, 7) is 1.40. The van der Waals surface area contributed by atoms with Crippen LogP contribution in [-0.4, -0.2) is 64.5 Å². The van der Waals surface area contributed by atoms with Crippen molar-refractivity contribution in [3.05, 3.63) is 23.8 Å². The lowest BCUT2D eigenvalue weighted by Gasteiger charge is -2.25. The number of hydrogen-bond donors (Lipinski definition) is 1. The molecule has 1 heterocycles. The van der Waals surface area contributed by atoms with Crippen LogP contribution in [0.3, 0.4) is 0 Å². The van der Waals surface area contributed by atoms with Crippen LogP contribution in [0.4, 0.5) is 5.69 Å². The molecule has 0 saturated carbocycles. The maximum atomic E-state index is 12.3. The molecular formula is C15H22N2O6S2. The number of ether oxygens (including phenoxy) is 1. The number of nitrogens with one attached hydrogen (secondary N) is 1. The van der Waals surface area contributed by atoms with Gasteiger partial charge in [-0.1, -0.05) is 6.07 Å². The van der Waals surface area contributed by atoms with Gasteiger partial charge in [0.2, 0.25) is 15.9 Å². The minimum absolute atomic E-state index is 0.0724. The van der Waals surface area contributed by atoms with Crippen molar-refractivity contribution in [2.75, 3.05) is 36.7 Å². The molecule has 1 amide bonds. The third kappa shape index (κ3) is 5.16. The average molecular weight is 390 g/mol. The van der Waals surface area contributed by atoms with Crippen LogP contribution in [0.15, 0.2) is 18.2 Å². The van der Waals surface area contributed by atoms with E-state index in [-0.39, 0.29) is 17.9 Å². The first-order chi connectivity index (χ1) is 11.5. The zero-order valence-corrected chi connectivity index (χ0v) is 16.0. The van der Waals surface area contributed by atoms with E-state index >= 15 is 0 Å². The first-order valence-corrected chi connectivity index (χ1v) is 11.3. The summed E-state index contributed by atoms with van der Waals surface area (Å²) in [4.78, 5) is 12.3. The quantitative estimate of drug-likeness (QED) is 0.752. The van der Waals surface area contributed by atoms with Crippen LogP contribution >= 0.6 is 0 Å². The van der Waals surface area contributed by atoms with Crippen LogP contribution < -0.4 is 10.1 Å². The Balaban J connectivity index is 2.17. The van der Waals surface area contributed by atoms with Gasteiger partial charge in [0, 0.05) is 6.04 Å². The van der Waals surface area contributed by atoms with Crippen molar-refractivity contribution in [1.82, 2.24) is 4.31 Å². The van der Waals surface area contributed by atoms with Gasteiger partial charge < -0.3 is 10.1 Å². The van der Waals surface area contributed by atoms with Gasteiger partial charge >= 0.3 is 0 Å². The molecule has 1 N–H and O–H groups in total. The number of aryl methyl sites for hydroxylation is 1. The summed E-state index contributed by atoms with van der Waals surface area (Å²) < 4.78 is 53.4. The molecule has 0 aromatic heterocycles. The zero-order valence-electron chi connectivity index (χ0n) is 14.4. The van der Waals surface area contributed by atoms with Crippen LogP contribution in [0.1, 0.15) is 12.0 Å². The highest BCUT2D eigenvalue weighted by molar-refractivity contribution is 7.92. The smallest absolute Gasteiger partial charge is 0.239 e. The predicted molar refractivity (Wildman–Crippen MR) is 95.0 cm³/mol. The Morgan fingerprint density at radius 2 is 2.08 bits per heavy atom. The lowest BCUT2D eigenvalue weighted by Crippen LogP contribution is -2.44. The Morgan fingerprint density at radius 1 is 1.40 bits per heavy atom. The van der Waals surface area contributed by atoms with E-state index in [1.54, 1.807) is 12.1 Å². The van der Waals surface area contributed by atoms with Crippen LogP contribution in [0, 0.1) is 6.92 Å². The normalized spacial score (nSPS) is 19.8. The monoisotopic (exact) mass is 390 g/mol. The minimum atomic E-state index is -3.73. The summed E-state index contributed by atoms with van der Waals surface area (Å²) in [7, 11) is -5.54. The SMILES string of the molecule is COc1ccc(C)cc1NC(=O)CN(C1CCS(=O)(=O)C1)S(C)(=O)=O. The second-order valence-electron chi connectivity index (χ2n) is 6.12. The fourth-order valence-electron chi connectivity index (χ4n) is 2.77. The summed E-state index contributed by atoms with van der Waals surface area (Å²) in [5.74, 6) is -0.440. The maximum absolute atomic E-state index is 12.3. The molecule has 1 aliphatic rings. The molecule has 8 nitrogen and oxygen atoms in total. The molecule has 1 fully saturated rings. The molecular weight excluding hydrogens is 368 g/mol. The van der Waals surface area contributed by atoms with Crippen molar-refractivity contribution in [3.63, 3.8) is 0 Å². The molecule has 2 rings (SSSR count).